The summed E-state index contributed by atoms with van der Waals surface area (Å²) in [7, 11) is 0. The third-order valence-corrected chi connectivity index (χ3v) is 2.14. The number of aliphatic hydroxyl groups is 1. The highest BCUT2D eigenvalue weighted by atomic mass is 16.3. The fraction of sp³-hybridized carbons (Fsp3) is 0.636. The van der Waals surface area contributed by atoms with E-state index in [0.717, 1.165) is 11.5 Å². The summed E-state index contributed by atoms with van der Waals surface area (Å²) in [5.74, 6) is 1.14. The third-order valence-electron chi connectivity index (χ3n) is 2.14. The first-order chi connectivity index (χ1) is 6.94. The molecule has 4 nitrogen and oxygen atoms in total. The minimum Gasteiger partial charge on any atom is -0.394 e. The molecule has 4 heteroatoms. The lowest BCUT2D eigenvalue weighted by Gasteiger charge is -2.24. The lowest BCUT2D eigenvalue weighted by atomic mass is 10.1. The van der Waals surface area contributed by atoms with Crippen molar-refractivity contribution in [2.45, 2.75) is 39.2 Å². The Morgan fingerprint density at radius 2 is 2.07 bits per heavy atom. The lowest BCUT2D eigenvalue weighted by Crippen LogP contribution is -2.35. The lowest BCUT2D eigenvalue weighted by molar-refractivity contribution is 0.234. The van der Waals surface area contributed by atoms with Gasteiger partial charge in [-0.3, -0.25) is 0 Å². The molecule has 0 unspecified atom stereocenters. The van der Waals surface area contributed by atoms with Gasteiger partial charge >= 0.3 is 0 Å². The molecule has 15 heavy (non-hydrogen) atoms. The van der Waals surface area contributed by atoms with Crippen molar-refractivity contribution in [2.75, 3.05) is 11.9 Å². The van der Waals surface area contributed by atoms with Crippen molar-refractivity contribution in [3.8, 4) is 0 Å². The van der Waals surface area contributed by atoms with E-state index in [4.69, 9.17) is 5.11 Å². The maximum atomic E-state index is 9.13. The molecule has 2 N–H and O–H groups in total. The Balaban J connectivity index is 2.82. The quantitative estimate of drug-likeness (QED) is 0.793. The maximum absolute atomic E-state index is 9.13. The van der Waals surface area contributed by atoms with E-state index < -0.39 is 0 Å². The normalized spacial score (nSPS) is 11.9. The molecule has 84 valence electrons. The van der Waals surface area contributed by atoms with Crippen molar-refractivity contribution in [2.24, 2.45) is 0 Å². The number of nitrogens with zero attached hydrogens (tertiary/aromatic N) is 2. The van der Waals surface area contributed by atoms with Crippen LogP contribution in [0.25, 0.3) is 0 Å². The Bertz CT molecular complexity index is 323. The number of aliphatic hydroxyl groups excluding tert-OH is 1. The van der Waals surface area contributed by atoms with E-state index in [1.807, 2.05) is 19.9 Å². The van der Waals surface area contributed by atoms with Gasteiger partial charge < -0.3 is 10.4 Å². The molecular formula is C11H19N3O. The molecule has 1 aromatic heterocycles. The first-order valence-electron chi connectivity index (χ1n) is 5.15. The smallest absolute Gasteiger partial charge is 0.130 e. The SMILES string of the molecule is CC(C)c1cc(NC(C)(C)CO)ncn1. The number of hydrogen-bond acceptors (Lipinski definition) is 4. The van der Waals surface area contributed by atoms with Crippen LogP contribution in [0, 0.1) is 0 Å². The summed E-state index contributed by atoms with van der Waals surface area (Å²) in [4.78, 5) is 8.30. The summed E-state index contributed by atoms with van der Waals surface area (Å²) in [5, 5.41) is 12.3. The van der Waals surface area contributed by atoms with Gasteiger partial charge in [-0.25, -0.2) is 9.97 Å². The van der Waals surface area contributed by atoms with Crippen LogP contribution in [0.15, 0.2) is 12.4 Å². The van der Waals surface area contributed by atoms with E-state index in [2.05, 4.69) is 29.1 Å². The molecular weight excluding hydrogens is 190 g/mol. The molecule has 0 spiro atoms. The van der Waals surface area contributed by atoms with Crippen molar-refractivity contribution in [1.29, 1.82) is 0 Å². The van der Waals surface area contributed by atoms with Gasteiger partial charge in [0.05, 0.1) is 12.1 Å². The van der Waals surface area contributed by atoms with Crippen molar-refractivity contribution in [3.05, 3.63) is 18.1 Å². The third kappa shape index (κ3) is 3.47. The van der Waals surface area contributed by atoms with Crippen LogP contribution in [0.4, 0.5) is 5.82 Å². The first-order valence-corrected chi connectivity index (χ1v) is 5.15. The van der Waals surface area contributed by atoms with E-state index >= 15 is 0 Å². The van der Waals surface area contributed by atoms with Crippen LogP contribution in [0.3, 0.4) is 0 Å². The van der Waals surface area contributed by atoms with Gasteiger partial charge in [0.25, 0.3) is 0 Å². The summed E-state index contributed by atoms with van der Waals surface area (Å²) < 4.78 is 0. The number of hydrogen-bond donors (Lipinski definition) is 2. The zero-order valence-corrected chi connectivity index (χ0v) is 9.78. The fourth-order valence-electron chi connectivity index (χ4n) is 1.14. The number of aromatic nitrogens is 2. The molecule has 0 saturated heterocycles. The Hall–Kier alpha value is -1.16. The highest BCUT2D eigenvalue weighted by molar-refractivity contribution is 5.38. The molecule has 0 aliphatic carbocycles. The van der Waals surface area contributed by atoms with Gasteiger partial charge in [-0.05, 0) is 19.8 Å². The van der Waals surface area contributed by atoms with Gasteiger partial charge in [-0.2, -0.15) is 0 Å². The Morgan fingerprint density at radius 1 is 1.40 bits per heavy atom. The van der Waals surface area contributed by atoms with Crippen molar-refractivity contribution >= 4 is 5.82 Å². The van der Waals surface area contributed by atoms with E-state index in [1.165, 1.54) is 0 Å². The molecule has 0 amide bonds. The molecule has 0 saturated carbocycles. The predicted octanol–water partition coefficient (Wildman–Crippen LogP) is 1.78. The van der Waals surface area contributed by atoms with Gasteiger partial charge in [0.2, 0.25) is 0 Å². The molecule has 1 heterocycles. The molecule has 0 aromatic carbocycles. The van der Waals surface area contributed by atoms with Gasteiger partial charge in [-0.1, -0.05) is 13.8 Å². The van der Waals surface area contributed by atoms with Crippen molar-refractivity contribution in [1.82, 2.24) is 9.97 Å². The summed E-state index contributed by atoms with van der Waals surface area (Å²) >= 11 is 0. The standard InChI is InChI=1S/C11H19N3O/c1-8(2)9-5-10(13-7-12-9)14-11(3,4)6-15/h5,7-8,15H,6H2,1-4H3,(H,12,13,14). The molecule has 0 aliphatic heterocycles. The Kier molecular flexibility index (Phi) is 3.63. The average molecular weight is 209 g/mol. The van der Waals surface area contributed by atoms with E-state index in [-0.39, 0.29) is 12.1 Å². The second-order valence-electron chi connectivity index (χ2n) is 4.65. The monoisotopic (exact) mass is 209 g/mol. The highest BCUT2D eigenvalue weighted by Crippen LogP contribution is 2.16. The van der Waals surface area contributed by atoms with Gasteiger partial charge in [0, 0.05) is 11.8 Å². The maximum Gasteiger partial charge on any atom is 0.130 e. The zero-order chi connectivity index (χ0) is 11.5. The van der Waals surface area contributed by atoms with Crippen LogP contribution < -0.4 is 5.32 Å². The molecule has 0 bridgehead atoms. The van der Waals surface area contributed by atoms with Crippen LogP contribution in [0.1, 0.15) is 39.3 Å². The van der Waals surface area contributed by atoms with Crippen molar-refractivity contribution < 1.29 is 5.11 Å². The van der Waals surface area contributed by atoms with E-state index in [0.29, 0.717) is 5.92 Å². The number of anilines is 1. The number of rotatable bonds is 4. The van der Waals surface area contributed by atoms with Gasteiger partial charge in [0.1, 0.15) is 12.1 Å². The van der Waals surface area contributed by atoms with Crippen LogP contribution in [0.5, 0.6) is 0 Å². The molecule has 0 fully saturated rings. The minimum absolute atomic E-state index is 0.0635. The fourth-order valence-corrected chi connectivity index (χ4v) is 1.14. The zero-order valence-electron chi connectivity index (χ0n) is 9.78. The average Bonchev–Trinajstić information content (AvgIpc) is 2.17. The molecule has 1 rings (SSSR count). The van der Waals surface area contributed by atoms with Crippen LogP contribution in [0.2, 0.25) is 0 Å². The van der Waals surface area contributed by atoms with Crippen LogP contribution in [-0.2, 0) is 0 Å². The molecule has 1 aromatic rings. The summed E-state index contributed by atoms with van der Waals surface area (Å²) in [6.45, 7) is 8.08. The largest absolute Gasteiger partial charge is 0.394 e. The van der Waals surface area contributed by atoms with Crippen LogP contribution >= 0.6 is 0 Å². The van der Waals surface area contributed by atoms with Gasteiger partial charge in [0.15, 0.2) is 0 Å². The summed E-state index contributed by atoms with van der Waals surface area (Å²) in [6, 6.07) is 1.92. The topological polar surface area (TPSA) is 58.0 Å². The van der Waals surface area contributed by atoms with E-state index in [9.17, 15) is 0 Å². The summed E-state index contributed by atoms with van der Waals surface area (Å²) in [6.07, 6.45) is 1.55. The first kappa shape index (κ1) is 11.9. The predicted molar refractivity (Wildman–Crippen MR) is 60.9 cm³/mol. The molecule has 0 radical (unpaired) electrons. The summed E-state index contributed by atoms with van der Waals surface area (Å²) in [5.41, 5.74) is 0.643. The Morgan fingerprint density at radius 3 is 2.60 bits per heavy atom. The number of nitrogens with one attached hydrogen (secondary N) is 1. The van der Waals surface area contributed by atoms with Crippen molar-refractivity contribution in [3.63, 3.8) is 0 Å². The Labute approximate surface area is 90.8 Å². The minimum atomic E-state index is -0.359. The van der Waals surface area contributed by atoms with Gasteiger partial charge in [-0.15, -0.1) is 0 Å². The molecule has 0 aliphatic rings. The molecule has 0 atom stereocenters. The van der Waals surface area contributed by atoms with E-state index in [1.54, 1.807) is 6.33 Å². The second-order valence-corrected chi connectivity index (χ2v) is 4.65. The highest BCUT2D eigenvalue weighted by Gasteiger charge is 2.16. The second kappa shape index (κ2) is 4.57. The van der Waals surface area contributed by atoms with Crippen LogP contribution in [-0.4, -0.2) is 27.2 Å².